The van der Waals surface area contributed by atoms with E-state index < -0.39 is 0 Å². The van der Waals surface area contributed by atoms with Crippen LogP contribution in [-0.4, -0.2) is 11.5 Å². The van der Waals surface area contributed by atoms with Gasteiger partial charge in [0, 0.05) is 12.2 Å². The summed E-state index contributed by atoms with van der Waals surface area (Å²) < 4.78 is 0. The molecule has 2 nitrogen and oxygen atoms in total. The molecular weight excluding hydrogens is 160 g/mol. The number of nitrogens with zero attached hydrogens (tertiary/aromatic N) is 1. The van der Waals surface area contributed by atoms with Crippen molar-refractivity contribution in [3.63, 3.8) is 0 Å². The van der Waals surface area contributed by atoms with E-state index in [0.717, 1.165) is 13.1 Å². The molecule has 1 aliphatic carbocycles. The van der Waals surface area contributed by atoms with Gasteiger partial charge in [-0.2, -0.15) is 0 Å². The number of rotatable bonds is 3. The first-order valence-corrected chi connectivity index (χ1v) is 5.08. The molecule has 0 fully saturated rings. The highest BCUT2D eigenvalue weighted by molar-refractivity contribution is 5.26. The van der Waals surface area contributed by atoms with Gasteiger partial charge in [-0.3, -0.25) is 4.98 Å². The second-order valence-corrected chi connectivity index (χ2v) is 3.54. The molecule has 13 heavy (non-hydrogen) atoms. The van der Waals surface area contributed by atoms with Crippen LogP contribution in [0.4, 0.5) is 0 Å². The molecule has 1 N–H and O–H groups in total. The molecule has 0 bridgehead atoms. The molecule has 2 heteroatoms. The Morgan fingerprint density at radius 1 is 1.38 bits per heavy atom. The van der Waals surface area contributed by atoms with Gasteiger partial charge in [0.1, 0.15) is 0 Å². The fourth-order valence-electron chi connectivity index (χ4n) is 1.82. The molecule has 0 spiro atoms. The Labute approximate surface area is 79.4 Å². The average Bonchev–Trinajstić information content (AvgIpc) is 2.61. The molecule has 1 aromatic rings. The Kier molecular flexibility index (Phi) is 2.60. The van der Waals surface area contributed by atoms with Crippen molar-refractivity contribution in [1.82, 2.24) is 10.3 Å². The zero-order valence-electron chi connectivity index (χ0n) is 8.14. The molecule has 2 rings (SSSR count). The Bertz CT molecular complexity index is 294. The Morgan fingerprint density at radius 2 is 2.31 bits per heavy atom. The first-order chi connectivity index (χ1) is 6.40. The summed E-state index contributed by atoms with van der Waals surface area (Å²) in [4.78, 5) is 4.63. The summed E-state index contributed by atoms with van der Waals surface area (Å²) in [5, 5.41) is 3.29. The summed E-state index contributed by atoms with van der Waals surface area (Å²) in [5.74, 6) is 0. The van der Waals surface area contributed by atoms with E-state index in [1.807, 2.05) is 0 Å². The number of fused-ring (bicyclic) bond motifs is 1. The summed E-state index contributed by atoms with van der Waals surface area (Å²) in [6.07, 6.45) is 3.69. The second kappa shape index (κ2) is 3.88. The first kappa shape index (κ1) is 8.70. The minimum Gasteiger partial charge on any atom is -0.311 e. The van der Waals surface area contributed by atoms with Gasteiger partial charge < -0.3 is 5.32 Å². The molecule has 0 atom stereocenters. The van der Waals surface area contributed by atoms with Crippen LogP contribution in [0, 0.1) is 0 Å². The predicted octanol–water partition coefficient (Wildman–Crippen LogP) is 1.68. The standard InChI is InChI=1S/C11H16N2/c1-2-12-8-10-7-6-9-4-3-5-11(9)13-10/h6-7,12H,2-5,8H2,1H3. The maximum atomic E-state index is 4.63. The summed E-state index contributed by atoms with van der Waals surface area (Å²) >= 11 is 0. The molecule has 0 radical (unpaired) electrons. The van der Waals surface area contributed by atoms with Crippen LogP contribution in [-0.2, 0) is 19.4 Å². The number of hydrogen-bond donors (Lipinski definition) is 1. The van der Waals surface area contributed by atoms with Gasteiger partial charge >= 0.3 is 0 Å². The molecule has 1 heterocycles. The molecule has 0 saturated carbocycles. The van der Waals surface area contributed by atoms with Gasteiger partial charge in [-0.15, -0.1) is 0 Å². The zero-order chi connectivity index (χ0) is 9.10. The van der Waals surface area contributed by atoms with Gasteiger partial charge in [-0.1, -0.05) is 13.0 Å². The number of nitrogens with one attached hydrogen (secondary N) is 1. The van der Waals surface area contributed by atoms with Gasteiger partial charge in [0.25, 0.3) is 0 Å². The molecule has 0 unspecified atom stereocenters. The molecular formula is C11H16N2. The predicted molar refractivity (Wildman–Crippen MR) is 53.6 cm³/mol. The second-order valence-electron chi connectivity index (χ2n) is 3.54. The van der Waals surface area contributed by atoms with Gasteiger partial charge in [0.15, 0.2) is 0 Å². The van der Waals surface area contributed by atoms with E-state index in [1.54, 1.807) is 0 Å². The topological polar surface area (TPSA) is 24.9 Å². The monoisotopic (exact) mass is 176 g/mol. The maximum absolute atomic E-state index is 4.63. The van der Waals surface area contributed by atoms with Crippen molar-refractivity contribution in [2.75, 3.05) is 6.54 Å². The van der Waals surface area contributed by atoms with E-state index in [4.69, 9.17) is 0 Å². The Morgan fingerprint density at radius 3 is 3.15 bits per heavy atom. The van der Waals surface area contributed by atoms with Crippen molar-refractivity contribution >= 4 is 0 Å². The van der Waals surface area contributed by atoms with Crippen molar-refractivity contribution in [2.24, 2.45) is 0 Å². The van der Waals surface area contributed by atoms with Crippen molar-refractivity contribution < 1.29 is 0 Å². The summed E-state index contributed by atoms with van der Waals surface area (Å²) in [5.41, 5.74) is 3.97. The van der Waals surface area contributed by atoms with E-state index >= 15 is 0 Å². The van der Waals surface area contributed by atoms with E-state index in [2.05, 4.69) is 29.4 Å². The molecule has 0 saturated heterocycles. The van der Waals surface area contributed by atoms with Gasteiger partial charge in [0.2, 0.25) is 0 Å². The number of hydrogen-bond acceptors (Lipinski definition) is 2. The van der Waals surface area contributed by atoms with Crippen molar-refractivity contribution in [3.05, 3.63) is 29.1 Å². The van der Waals surface area contributed by atoms with E-state index in [9.17, 15) is 0 Å². The van der Waals surface area contributed by atoms with Crippen LogP contribution in [0.3, 0.4) is 0 Å². The molecule has 0 aliphatic heterocycles. The Hall–Kier alpha value is -0.890. The molecule has 1 aliphatic rings. The first-order valence-electron chi connectivity index (χ1n) is 5.08. The number of aromatic nitrogens is 1. The molecule has 70 valence electrons. The molecule has 1 aromatic heterocycles. The van der Waals surface area contributed by atoms with Crippen molar-refractivity contribution in [3.8, 4) is 0 Å². The van der Waals surface area contributed by atoms with Crippen molar-refractivity contribution in [1.29, 1.82) is 0 Å². The zero-order valence-corrected chi connectivity index (χ0v) is 8.14. The smallest absolute Gasteiger partial charge is 0.0545 e. The highest BCUT2D eigenvalue weighted by Crippen LogP contribution is 2.19. The number of pyridine rings is 1. The van der Waals surface area contributed by atoms with Crippen LogP contribution in [0.1, 0.15) is 30.3 Å². The molecule has 0 amide bonds. The fraction of sp³-hybridized carbons (Fsp3) is 0.545. The third kappa shape index (κ3) is 1.89. The van der Waals surface area contributed by atoms with Gasteiger partial charge in [0.05, 0.1) is 5.69 Å². The van der Waals surface area contributed by atoms with Crippen LogP contribution >= 0.6 is 0 Å². The Balaban J connectivity index is 2.12. The lowest BCUT2D eigenvalue weighted by Gasteiger charge is -2.03. The summed E-state index contributed by atoms with van der Waals surface area (Å²) in [7, 11) is 0. The lowest BCUT2D eigenvalue weighted by molar-refractivity contribution is 0.707. The van der Waals surface area contributed by atoms with E-state index in [0.29, 0.717) is 0 Å². The third-order valence-electron chi connectivity index (χ3n) is 2.54. The minimum atomic E-state index is 0.907. The largest absolute Gasteiger partial charge is 0.311 e. The van der Waals surface area contributed by atoms with Crippen LogP contribution in [0.15, 0.2) is 12.1 Å². The lowest BCUT2D eigenvalue weighted by Crippen LogP contribution is -2.13. The third-order valence-corrected chi connectivity index (χ3v) is 2.54. The van der Waals surface area contributed by atoms with Crippen LogP contribution in [0.2, 0.25) is 0 Å². The normalized spacial score (nSPS) is 14.5. The van der Waals surface area contributed by atoms with Crippen LogP contribution in [0.25, 0.3) is 0 Å². The average molecular weight is 176 g/mol. The lowest BCUT2D eigenvalue weighted by atomic mass is 10.2. The molecule has 0 aromatic carbocycles. The van der Waals surface area contributed by atoms with Crippen molar-refractivity contribution in [2.45, 2.75) is 32.7 Å². The maximum Gasteiger partial charge on any atom is 0.0545 e. The SMILES string of the molecule is CCNCc1ccc2c(n1)CCC2. The van der Waals surface area contributed by atoms with E-state index in [-0.39, 0.29) is 0 Å². The van der Waals surface area contributed by atoms with Crippen LogP contribution < -0.4 is 5.32 Å². The highest BCUT2D eigenvalue weighted by atomic mass is 14.9. The minimum absolute atomic E-state index is 0.907. The summed E-state index contributed by atoms with van der Waals surface area (Å²) in [6, 6.07) is 4.38. The van der Waals surface area contributed by atoms with Gasteiger partial charge in [-0.05, 0) is 37.4 Å². The van der Waals surface area contributed by atoms with Gasteiger partial charge in [-0.25, -0.2) is 0 Å². The van der Waals surface area contributed by atoms with Crippen LogP contribution in [0.5, 0.6) is 0 Å². The van der Waals surface area contributed by atoms with E-state index in [1.165, 1.54) is 36.2 Å². The fourth-order valence-corrected chi connectivity index (χ4v) is 1.82. The highest BCUT2D eigenvalue weighted by Gasteiger charge is 2.11. The number of aryl methyl sites for hydroxylation is 2. The summed E-state index contributed by atoms with van der Waals surface area (Å²) in [6.45, 7) is 4.04. The quantitative estimate of drug-likeness (QED) is 0.758.